The molecule has 20 heavy (non-hydrogen) atoms. The van der Waals surface area contributed by atoms with E-state index in [4.69, 9.17) is 14.6 Å². The molecule has 0 aromatic rings. The maximum atomic E-state index is 9.85. The van der Waals surface area contributed by atoms with Gasteiger partial charge in [-0.25, -0.2) is 0 Å². The van der Waals surface area contributed by atoms with Crippen molar-refractivity contribution in [2.75, 3.05) is 13.2 Å². The van der Waals surface area contributed by atoms with Crippen LogP contribution in [0.1, 0.15) is 39.5 Å². The van der Waals surface area contributed by atoms with Gasteiger partial charge < -0.3 is 29.9 Å². The molecule has 1 saturated heterocycles. The molecule has 6 nitrogen and oxygen atoms in total. The molecule has 0 saturated carbocycles. The third-order valence-electron chi connectivity index (χ3n) is 3.74. The van der Waals surface area contributed by atoms with Crippen molar-refractivity contribution < 1.29 is 29.9 Å². The van der Waals surface area contributed by atoms with Crippen molar-refractivity contribution >= 4 is 0 Å². The minimum absolute atomic E-state index is 0.386. The van der Waals surface area contributed by atoms with Gasteiger partial charge in [0.05, 0.1) is 13.2 Å². The summed E-state index contributed by atoms with van der Waals surface area (Å²) in [5.74, 6) is 0.386. The molecule has 1 rings (SSSR count). The SMILES string of the molecule is CCCC(CCC)CO[C@H]1O[C@H](CO)[C@@H](O)[C@H](O)[C@H]1O. The highest BCUT2D eigenvalue weighted by Crippen LogP contribution is 2.23. The lowest BCUT2D eigenvalue weighted by molar-refractivity contribution is -0.303. The van der Waals surface area contributed by atoms with Gasteiger partial charge in [-0.15, -0.1) is 0 Å². The smallest absolute Gasteiger partial charge is 0.186 e. The fraction of sp³-hybridized carbons (Fsp3) is 1.00. The molecule has 0 radical (unpaired) electrons. The van der Waals surface area contributed by atoms with Gasteiger partial charge in [-0.2, -0.15) is 0 Å². The van der Waals surface area contributed by atoms with E-state index in [1.165, 1.54) is 0 Å². The first-order chi connectivity index (χ1) is 9.54. The van der Waals surface area contributed by atoms with Crippen molar-refractivity contribution in [2.45, 2.75) is 70.2 Å². The summed E-state index contributed by atoms with van der Waals surface area (Å²) in [4.78, 5) is 0. The Labute approximate surface area is 120 Å². The number of hydrogen-bond acceptors (Lipinski definition) is 6. The van der Waals surface area contributed by atoms with Gasteiger partial charge in [0.25, 0.3) is 0 Å². The Balaban J connectivity index is 2.52. The van der Waals surface area contributed by atoms with Crippen LogP contribution in [-0.2, 0) is 9.47 Å². The highest BCUT2D eigenvalue weighted by molar-refractivity contribution is 4.88. The zero-order chi connectivity index (χ0) is 15.1. The monoisotopic (exact) mass is 292 g/mol. The fourth-order valence-electron chi connectivity index (χ4n) is 2.56. The quantitative estimate of drug-likeness (QED) is 0.503. The molecule has 4 N–H and O–H groups in total. The van der Waals surface area contributed by atoms with Gasteiger partial charge in [-0.1, -0.05) is 26.7 Å². The number of aliphatic hydroxyl groups excluding tert-OH is 4. The summed E-state index contributed by atoms with van der Waals surface area (Å²) in [7, 11) is 0. The van der Waals surface area contributed by atoms with E-state index in [2.05, 4.69) is 13.8 Å². The van der Waals surface area contributed by atoms with E-state index >= 15 is 0 Å². The topological polar surface area (TPSA) is 99.4 Å². The molecule has 0 unspecified atom stereocenters. The average Bonchev–Trinajstić information content (AvgIpc) is 2.44. The molecule has 1 heterocycles. The Morgan fingerprint density at radius 2 is 1.60 bits per heavy atom. The largest absolute Gasteiger partial charge is 0.394 e. The van der Waals surface area contributed by atoms with Crippen molar-refractivity contribution in [2.24, 2.45) is 5.92 Å². The second kappa shape index (κ2) is 8.92. The fourth-order valence-corrected chi connectivity index (χ4v) is 2.56. The minimum atomic E-state index is -1.37. The zero-order valence-electron chi connectivity index (χ0n) is 12.3. The highest BCUT2D eigenvalue weighted by Gasteiger charge is 2.44. The predicted molar refractivity (Wildman–Crippen MR) is 73.0 cm³/mol. The molecule has 0 amide bonds. The first kappa shape index (κ1) is 17.8. The average molecular weight is 292 g/mol. The van der Waals surface area contributed by atoms with E-state index in [1.807, 2.05) is 0 Å². The standard InChI is InChI=1S/C14H28O6/c1-3-5-9(6-4-2)8-19-14-13(18)12(17)11(16)10(7-15)20-14/h9-18H,3-8H2,1-2H3/t10-,11-,12+,13-,14+/m1/s1. The summed E-state index contributed by atoms with van der Waals surface area (Å²) < 4.78 is 10.9. The molecule has 6 heteroatoms. The van der Waals surface area contributed by atoms with E-state index in [0.717, 1.165) is 25.7 Å². The van der Waals surface area contributed by atoms with Gasteiger partial charge in [0.15, 0.2) is 6.29 Å². The normalized spacial score (nSPS) is 34.6. The Morgan fingerprint density at radius 1 is 1.00 bits per heavy atom. The Bertz CT molecular complexity index is 254. The van der Waals surface area contributed by atoms with E-state index in [-0.39, 0.29) is 0 Å². The van der Waals surface area contributed by atoms with Crippen LogP contribution < -0.4 is 0 Å². The van der Waals surface area contributed by atoms with Gasteiger partial charge in [0.1, 0.15) is 24.4 Å². The molecule has 1 aliphatic rings. The van der Waals surface area contributed by atoms with Gasteiger partial charge in [-0.3, -0.25) is 0 Å². The number of aliphatic hydroxyl groups is 4. The lowest BCUT2D eigenvalue weighted by Crippen LogP contribution is -2.59. The van der Waals surface area contributed by atoms with Crippen LogP contribution in [0.4, 0.5) is 0 Å². The maximum Gasteiger partial charge on any atom is 0.186 e. The summed E-state index contributed by atoms with van der Waals surface area (Å²) in [5, 5.41) is 38.3. The number of ether oxygens (including phenoxy) is 2. The second-order valence-electron chi connectivity index (χ2n) is 5.47. The third-order valence-corrected chi connectivity index (χ3v) is 3.74. The number of rotatable bonds is 8. The van der Waals surface area contributed by atoms with Crippen LogP contribution in [0.25, 0.3) is 0 Å². The predicted octanol–water partition coefficient (Wildman–Crippen LogP) is 0.0193. The summed E-state index contributed by atoms with van der Waals surface area (Å²) in [6, 6.07) is 0. The molecule has 1 aliphatic heterocycles. The van der Waals surface area contributed by atoms with Crippen molar-refractivity contribution in [1.29, 1.82) is 0 Å². The molecular weight excluding hydrogens is 264 g/mol. The van der Waals surface area contributed by atoms with Gasteiger partial charge in [0, 0.05) is 0 Å². The van der Waals surface area contributed by atoms with Crippen LogP contribution >= 0.6 is 0 Å². The van der Waals surface area contributed by atoms with Crippen molar-refractivity contribution in [3.8, 4) is 0 Å². The summed E-state index contributed by atoms with van der Waals surface area (Å²) in [6.07, 6.45) is -1.76. The van der Waals surface area contributed by atoms with E-state index in [0.29, 0.717) is 12.5 Å². The lowest BCUT2D eigenvalue weighted by Gasteiger charge is -2.40. The van der Waals surface area contributed by atoms with Crippen LogP contribution in [0.5, 0.6) is 0 Å². The Kier molecular flexibility index (Phi) is 7.94. The zero-order valence-corrected chi connectivity index (χ0v) is 12.3. The van der Waals surface area contributed by atoms with E-state index in [9.17, 15) is 15.3 Å². The van der Waals surface area contributed by atoms with Gasteiger partial charge in [0.2, 0.25) is 0 Å². The van der Waals surface area contributed by atoms with Gasteiger partial charge >= 0.3 is 0 Å². The molecule has 0 aromatic heterocycles. The molecule has 0 aromatic carbocycles. The molecule has 0 bridgehead atoms. The molecular formula is C14H28O6. The summed E-state index contributed by atoms with van der Waals surface area (Å²) in [6.45, 7) is 4.22. The Morgan fingerprint density at radius 3 is 2.10 bits per heavy atom. The molecule has 0 spiro atoms. The second-order valence-corrected chi connectivity index (χ2v) is 5.47. The molecule has 1 fully saturated rings. The maximum absolute atomic E-state index is 9.85. The van der Waals surface area contributed by atoms with E-state index in [1.54, 1.807) is 0 Å². The summed E-state index contributed by atoms with van der Waals surface area (Å²) >= 11 is 0. The molecule has 0 aliphatic carbocycles. The van der Waals surface area contributed by atoms with Crippen LogP contribution in [0.15, 0.2) is 0 Å². The van der Waals surface area contributed by atoms with Crippen molar-refractivity contribution in [3.63, 3.8) is 0 Å². The Hall–Kier alpha value is -0.240. The van der Waals surface area contributed by atoms with Gasteiger partial charge in [-0.05, 0) is 18.8 Å². The summed E-state index contributed by atoms with van der Waals surface area (Å²) in [5.41, 5.74) is 0. The molecule has 5 atom stereocenters. The third kappa shape index (κ3) is 4.65. The van der Waals surface area contributed by atoms with Crippen molar-refractivity contribution in [3.05, 3.63) is 0 Å². The first-order valence-electron chi connectivity index (χ1n) is 7.47. The van der Waals surface area contributed by atoms with Crippen LogP contribution in [0.3, 0.4) is 0 Å². The van der Waals surface area contributed by atoms with Crippen LogP contribution in [-0.4, -0.2) is 64.3 Å². The van der Waals surface area contributed by atoms with Crippen LogP contribution in [0.2, 0.25) is 0 Å². The minimum Gasteiger partial charge on any atom is -0.394 e. The first-order valence-corrected chi connectivity index (χ1v) is 7.47. The van der Waals surface area contributed by atoms with Crippen LogP contribution in [0, 0.1) is 5.92 Å². The lowest BCUT2D eigenvalue weighted by atomic mass is 9.98. The highest BCUT2D eigenvalue weighted by atomic mass is 16.7. The molecule has 120 valence electrons. The number of hydrogen-bond donors (Lipinski definition) is 4. The van der Waals surface area contributed by atoms with Crippen molar-refractivity contribution in [1.82, 2.24) is 0 Å². The van der Waals surface area contributed by atoms with E-state index < -0.39 is 37.3 Å².